The molecule has 0 aromatic heterocycles. The molecule has 0 N–H and O–H groups in total. The Kier molecular flexibility index (Phi) is 1.79. The van der Waals surface area contributed by atoms with Crippen molar-refractivity contribution in [3.05, 3.63) is 23.1 Å². The summed E-state index contributed by atoms with van der Waals surface area (Å²) in [5.41, 5.74) is 0. The zero-order valence-electron chi connectivity index (χ0n) is 5.35. The van der Waals surface area contributed by atoms with Gasteiger partial charge in [-0.1, -0.05) is 6.08 Å². The fourth-order valence-electron chi connectivity index (χ4n) is 0.739. The summed E-state index contributed by atoms with van der Waals surface area (Å²) in [6.07, 6.45) is 12.4. The maximum atomic E-state index is 2.29. The van der Waals surface area contributed by atoms with Crippen LogP contribution in [-0.2, 0) is 10.9 Å². The molecule has 0 aliphatic heterocycles. The molecule has 0 atom stereocenters. The van der Waals surface area contributed by atoms with Crippen molar-refractivity contribution in [2.45, 2.75) is 6.42 Å². The summed E-state index contributed by atoms with van der Waals surface area (Å²) in [5.74, 6) is 0. The van der Waals surface area contributed by atoms with E-state index in [0.717, 1.165) is 6.42 Å². The molecule has 8 heavy (non-hydrogen) atoms. The minimum absolute atomic E-state index is 0.483. The van der Waals surface area contributed by atoms with Crippen LogP contribution in [0, 0.1) is 0 Å². The Bertz CT molecular complexity index is 131. The van der Waals surface area contributed by atoms with Crippen LogP contribution in [-0.4, -0.2) is 12.5 Å². The van der Waals surface area contributed by atoms with Crippen molar-refractivity contribution in [2.75, 3.05) is 12.5 Å². The molecule has 0 heterocycles. The van der Waals surface area contributed by atoms with Gasteiger partial charge >= 0.3 is 0 Å². The van der Waals surface area contributed by atoms with E-state index in [1.165, 1.54) is 4.91 Å². The summed E-state index contributed by atoms with van der Waals surface area (Å²) in [6, 6.07) is 0. The summed E-state index contributed by atoms with van der Waals surface area (Å²) in [4.78, 5) is 1.52. The smallest absolute Gasteiger partial charge is 0.0756 e. The van der Waals surface area contributed by atoms with E-state index in [4.69, 9.17) is 0 Å². The van der Waals surface area contributed by atoms with Crippen LogP contribution >= 0.6 is 0 Å². The number of rotatable bonds is 1. The van der Waals surface area contributed by atoms with Gasteiger partial charge in [0.2, 0.25) is 0 Å². The van der Waals surface area contributed by atoms with Gasteiger partial charge < -0.3 is 0 Å². The monoisotopic (exact) mass is 127 g/mol. The molecule has 0 aromatic rings. The van der Waals surface area contributed by atoms with Gasteiger partial charge in [-0.25, -0.2) is 0 Å². The van der Waals surface area contributed by atoms with Gasteiger partial charge in [-0.05, 0) is 18.6 Å². The molecule has 0 amide bonds. The van der Waals surface area contributed by atoms with Crippen LogP contribution in [0.15, 0.2) is 23.1 Å². The Morgan fingerprint density at radius 2 is 2.25 bits per heavy atom. The first-order valence-electron chi connectivity index (χ1n) is 2.75. The van der Waals surface area contributed by atoms with E-state index < -0.39 is 0 Å². The summed E-state index contributed by atoms with van der Waals surface area (Å²) in [6.45, 7) is 0. The lowest BCUT2D eigenvalue weighted by atomic mass is 10.5. The highest BCUT2D eigenvalue weighted by molar-refractivity contribution is 7.99. The first-order chi connectivity index (χ1) is 3.80. The van der Waals surface area contributed by atoms with Crippen LogP contribution in [0.4, 0.5) is 0 Å². The summed E-state index contributed by atoms with van der Waals surface area (Å²) in [7, 11) is 0.483. The maximum Gasteiger partial charge on any atom is 0.150 e. The van der Waals surface area contributed by atoms with Gasteiger partial charge in [0.1, 0.15) is 17.4 Å². The second kappa shape index (κ2) is 2.40. The summed E-state index contributed by atoms with van der Waals surface area (Å²) in [5, 5.41) is 0. The van der Waals surface area contributed by atoms with Crippen LogP contribution in [0.1, 0.15) is 6.42 Å². The fraction of sp³-hybridized carbons (Fsp3) is 0.429. The van der Waals surface area contributed by atoms with Gasteiger partial charge in [0.15, 0.2) is 0 Å². The molecule has 1 heteroatoms. The normalized spacial score (nSPS) is 17.6. The van der Waals surface area contributed by atoms with Crippen molar-refractivity contribution < 1.29 is 0 Å². The Morgan fingerprint density at radius 1 is 1.50 bits per heavy atom. The molecule has 0 aromatic carbocycles. The SMILES string of the molecule is C[S+](C)C1=CCC=C1. The van der Waals surface area contributed by atoms with Crippen LogP contribution in [0.25, 0.3) is 0 Å². The van der Waals surface area contributed by atoms with Crippen LogP contribution in [0.3, 0.4) is 0 Å². The van der Waals surface area contributed by atoms with E-state index in [9.17, 15) is 0 Å². The van der Waals surface area contributed by atoms with E-state index in [2.05, 4.69) is 30.7 Å². The first-order valence-corrected chi connectivity index (χ1v) is 4.79. The van der Waals surface area contributed by atoms with Crippen molar-refractivity contribution in [1.29, 1.82) is 0 Å². The molecular formula is C7H11S+. The maximum absolute atomic E-state index is 2.29. The van der Waals surface area contributed by atoms with Gasteiger partial charge in [0.05, 0.1) is 0 Å². The Hall–Kier alpha value is -0.170. The highest BCUT2D eigenvalue weighted by atomic mass is 32.2. The predicted molar refractivity (Wildman–Crippen MR) is 41.1 cm³/mol. The second-order valence-electron chi connectivity index (χ2n) is 2.06. The second-order valence-corrected chi connectivity index (χ2v) is 4.17. The van der Waals surface area contributed by atoms with Crippen LogP contribution < -0.4 is 0 Å². The molecule has 1 aliphatic rings. The molecule has 0 bridgehead atoms. The average molecular weight is 127 g/mol. The molecule has 0 spiro atoms. The standard InChI is InChI=1S/C7H11S/c1-8(2)7-5-3-4-6-7/h3,5-6H,4H2,1-2H3/q+1. The summed E-state index contributed by atoms with van der Waals surface area (Å²) >= 11 is 0. The van der Waals surface area contributed by atoms with E-state index in [1.54, 1.807) is 0 Å². The number of allylic oxidation sites excluding steroid dienone is 3. The van der Waals surface area contributed by atoms with Gasteiger partial charge in [0, 0.05) is 10.9 Å². The molecule has 1 rings (SSSR count). The quantitative estimate of drug-likeness (QED) is 0.470. The zero-order chi connectivity index (χ0) is 5.98. The lowest BCUT2D eigenvalue weighted by Gasteiger charge is -1.88. The van der Waals surface area contributed by atoms with E-state index in [0.29, 0.717) is 10.9 Å². The van der Waals surface area contributed by atoms with Gasteiger partial charge in [0.25, 0.3) is 0 Å². The molecule has 0 saturated heterocycles. The third-order valence-corrected chi connectivity index (χ3v) is 2.45. The lowest BCUT2D eigenvalue weighted by Crippen LogP contribution is -1.93. The predicted octanol–water partition coefficient (Wildman–Crippen LogP) is 1.71. The first kappa shape index (κ1) is 5.96. The molecular weight excluding hydrogens is 116 g/mol. The van der Waals surface area contributed by atoms with Crippen molar-refractivity contribution in [1.82, 2.24) is 0 Å². The van der Waals surface area contributed by atoms with E-state index in [1.807, 2.05) is 0 Å². The Morgan fingerprint density at radius 3 is 2.50 bits per heavy atom. The molecule has 0 nitrogen and oxygen atoms in total. The zero-order valence-corrected chi connectivity index (χ0v) is 6.16. The fourth-order valence-corrected chi connectivity index (χ4v) is 1.54. The third kappa shape index (κ3) is 1.16. The highest BCUT2D eigenvalue weighted by Gasteiger charge is 2.09. The van der Waals surface area contributed by atoms with Gasteiger partial charge in [-0.15, -0.1) is 0 Å². The summed E-state index contributed by atoms with van der Waals surface area (Å²) < 4.78 is 0. The number of hydrogen-bond acceptors (Lipinski definition) is 0. The number of hydrogen-bond donors (Lipinski definition) is 0. The molecule has 0 radical (unpaired) electrons. The van der Waals surface area contributed by atoms with Crippen LogP contribution in [0.5, 0.6) is 0 Å². The largest absolute Gasteiger partial charge is 0.150 e. The Labute approximate surface area is 53.6 Å². The minimum Gasteiger partial charge on any atom is -0.0756 e. The van der Waals surface area contributed by atoms with E-state index in [-0.39, 0.29) is 0 Å². The molecule has 1 aliphatic carbocycles. The lowest BCUT2D eigenvalue weighted by molar-refractivity contribution is 1.45. The highest BCUT2D eigenvalue weighted by Crippen LogP contribution is 2.13. The molecule has 0 unspecified atom stereocenters. The molecule has 0 saturated carbocycles. The topological polar surface area (TPSA) is 0 Å². The molecule has 44 valence electrons. The van der Waals surface area contributed by atoms with Crippen molar-refractivity contribution in [3.8, 4) is 0 Å². The third-order valence-electron chi connectivity index (χ3n) is 1.21. The Balaban J connectivity index is 2.58. The van der Waals surface area contributed by atoms with Gasteiger partial charge in [-0.2, -0.15) is 0 Å². The van der Waals surface area contributed by atoms with Crippen molar-refractivity contribution in [2.24, 2.45) is 0 Å². The van der Waals surface area contributed by atoms with Gasteiger partial charge in [-0.3, -0.25) is 0 Å². The van der Waals surface area contributed by atoms with Crippen LogP contribution in [0.2, 0.25) is 0 Å². The molecule has 0 fully saturated rings. The van der Waals surface area contributed by atoms with E-state index >= 15 is 0 Å². The minimum atomic E-state index is 0.483. The average Bonchev–Trinajstić information content (AvgIpc) is 2.12. The van der Waals surface area contributed by atoms with Crippen molar-refractivity contribution in [3.63, 3.8) is 0 Å². The van der Waals surface area contributed by atoms with Crippen molar-refractivity contribution >= 4 is 10.9 Å².